The maximum Gasteiger partial charge on any atom is 0.264 e. The van der Waals surface area contributed by atoms with Gasteiger partial charge in [-0.3, -0.25) is 14.2 Å². The molecule has 2 aromatic heterocycles. The van der Waals surface area contributed by atoms with Crippen LogP contribution in [0.3, 0.4) is 0 Å². The molecule has 1 aliphatic rings. The minimum absolute atomic E-state index is 0.0315. The molecule has 0 saturated heterocycles. The van der Waals surface area contributed by atoms with Crippen LogP contribution in [0.1, 0.15) is 29.0 Å². The summed E-state index contributed by atoms with van der Waals surface area (Å²) in [6, 6.07) is 16.2. The van der Waals surface area contributed by atoms with Crippen LogP contribution in [0.2, 0.25) is 5.02 Å². The van der Waals surface area contributed by atoms with Gasteiger partial charge in [0.15, 0.2) is 0 Å². The first kappa shape index (κ1) is 21.7. The van der Waals surface area contributed by atoms with E-state index in [0.717, 1.165) is 5.39 Å². The average molecular weight is 476 g/mol. The fourth-order valence-electron chi connectivity index (χ4n) is 4.15. The number of carbonyl (C=O) groups is 1. The van der Waals surface area contributed by atoms with Crippen LogP contribution in [0.4, 0.5) is 17.6 Å². The lowest BCUT2D eigenvalue weighted by Crippen LogP contribution is -2.38. The highest BCUT2D eigenvalue weighted by molar-refractivity contribution is 6.35. The zero-order valence-electron chi connectivity index (χ0n) is 18.5. The summed E-state index contributed by atoms with van der Waals surface area (Å²) < 4.78 is 1.62. The van der Waals surface area contributed by atoms with Crippen LogP contribution >= 0.6 is 11.6 Å². The minimum atomic E-state index is -0.435. The number of nitrogen functional groups attached to an aromatic ring is 1. The molecule has 0 radical (unpaired) electrons. The molecule has 9 nitrogen and oxygen atoms in total. The molecule has 4 aromatic rings. The Hall–Kier alpha value is -4.11. The summed E-state index contributed by atoms with van der Waals surface area (Å²) in [6.45, 7) is 2.20. The quantitative estimate of drug-likeness (QED) is 0.412. The lowest BCUT2D eigenvalue weighted by molar-refractivity contribution is 0.0796. The van der Waals surface area contributed by atoms with Crippen molar-refractivity contribution in [2.45, 2.75) is 13.0 Å². The second kappa shape index (κ2) is 8.35. The summed E-state index contributed by atoms with van der Waals surface area (Å²) >= 11 is 6.40. The van der Waals surface area contributed by atoms with Crippen molar-refractivity contribution in [2.24, 2.45) is 0 Å². The van der Waals surface area contributed by atoms with E-state index in [1.165, 1.54) is 4.90 Å². The first-order valence-corrected chi connectivity index (χ1v) is 11.1. The monoisotopic (exact) mass is 475 g/mol. The van der Waals surface area contributed by atoms with Gasteiger partial charge in [-0.15, -0.1) is 0 Å². The number of benzene rings is 2. The molecule has 4 N–H and O–H groups in total. The van der Waals surface area contributed by atoms with E-state index in [9.17, 15) is 9.59 Å². The number of amides is 1. The van der Waals surface area contributed by atoms with Gasteiger partial charge in [-0.25, -0.2) is 0 Å². The number of pyridine rings is 1. The summed E-state index contributed by atoms with van der Waals surface area (Å²) in [7, 11) is 1.68. The van der Waals surface area contributed by atoms with E-state index in [1.807, 2.05) is 49.4 Å². The smallest absolute Gasteiger partial charge is 0.264 e. The third-order valence-corrected chi connectivity index (χ3v) is 6.12. The highest BCUT2D eigenvalue weighted by atomic mass is 35.5. The van der Waals surface area contributed by atoms with Crippen LogP contribution in [-0.2, 0) is 0 Å². The van der Waals surface area contributed by atoms with Crippen LogP contribution in [0.25, 0.3) is 16.5 Å². The topological polar surface area (TPSA) is 118 Å². The molecular formula is C24H22ClN7O2. The molecule has 10 heteroatoms. The number of rotatable bonds is 4. The number of nitrogens with zero attached hydrogens (tertiary/aromatic N) is 4. The van der Waals surface area contributed by atoms with Crippen molar-refractivity contribution in [3.05, 3.63) is 81.2 Å². The van der Waals surface area contributed by atoms with Crippen molar-refractivity contribution in [1.29, 1.82) is 0 Å². The zero-order valence-corrected chi connectivity index (χ0v) is 19.3. The molecule has 172 valence electrons. The van der Waals surface area contributed by atoms with Gasteiger partial charge in [0.2, 0.25) is 5.95 Å². The summed E-state index contributed by atoms with van der Waals surface area (Å²) in [6.07, 6.45) is 0. The molecule has 0 unspecified atom stereocenters. The van der Waals surface area contributed by atoms with E-state index >= 15 is 0 Å². The highest BCUT2D eigenvalue weighted by Gasteiger charge is 2.29. The number of nitrogens with two attached hydrogens (primary N) is 1. The summed E-state index contributed by atoms with van der Waals surface area (Å²) in [4.78, 5) is 36.5. The van der Waals surface area contributed by atoms with Gasteiger partial charge in [0.25, 0.3) is 11.5 Å². The number of aromatic nitrogens is 3. The molecule has 0 saturated carbocycles. The van der Waals surface area contributed by atoms with E-state index in [-0.39, 0.29) is 23.2 Å². The van der Waals surface area contributed by atoms with E-state index in [2.05, 4.69) is 20.6 Å². The number of anilines is 3. The van der Waals surface area contributed by atoms with Gasteiger partial charge in [-0.1, -0.05) is 41.9 Å². The van der Waals surface area contributed by atoms with Crippen LogP contribution < -0.4 is 21.9 Å². The van der Waals surface area contributed by atoms with Crippen molar-refractivity contribution < 1.29 is 4.79 Å². The fraction of sp³-hybridized carbons (Fsp3) is 0.167. The van der Waals surface area contributed by atoms with Gasteiger partial charge in [0.05, 0.1) is 23.1 Å². The van der Waals surface area contributed by atoms with Gasteiger partial charge in [-0.2, -0.15) is 9.97 Å². The average Bonchev–Trinajstić information content (AvgIpc) is 2.81. The minimum Gasteiger partial charge on any atom is -0.368 e. The molecule has 0 spiro atoms. The van der Waals surface area contributed by atoms with Crippen molar-refractivity contribution in [2.75, 3.05) is 30.1 Å². The van der Waals surface area contributed by atoms with E-state index < -0.39 is 6.04 Å². The SMILES string of the molecule is C[C@H](Nc1nc(N)nc2c1C(=O)N(C)CN2)c1cc2cccc(Cl)c2c(=O)n1-c1ccccc1. The van der Waals surface area contributed by atoms with Crippen molar-refractivity contribution >= 4 is 45.9 Å². The van der Waals surface area contributed by atoms with E-state index in [4.69, 9.17) is 17.3 Å². The Balaban J connectivity index is 1.68. The number of carbonyl (C=O) groups excluding carboxylic acids is 1. The maximum atomic E-state index is 13.6. The Morgan fingerprint density at radius 2 is 1.88 bits per heavy atom. The van der Waals surface area contributed by atoms with Crippen LogP contribution in [0.5, 0.6) is 0 Å². The first-order chi connectivity index (χ1) is 16.3. The summed E-state index contributed by atoms with van der Waals surface area (Å²) in [5.74, 6) is 0.464. The van der Waals surface area contributed by atoms with Crippen LogP contribution in [0, 0.1) is 0 Å². The molecule has 3 heterocycles. The Labute approximate surface area is 200 Å². The van der Waals surface area contributed by atoms with Crippen LogP contribution in [0.15, 0.2) is 59.4 Å². The summed E-state index contributed by atoms with van der Waals surface area (Å²) in [5, 5.41) is 7.90. The van der Waals surface area contributed by atoms with Crippen molar-refractivity contribution in [1.82, 2.24) is 19.4 Å². The molecule has 1 amide bonds. The third kappa shape index (κ3) is 3.60. The zero-order chi connectivity index (χ0) is 24.0. The van der Waals surface area contributed by atoms with Crippen LogP contribution in [-0.4, -0.2) is 39.1 Å². The lowest BCUT2D eigenvalue weighted by Gasteiger charge is -2.28. The van der Waals surface area contributed by atoms with Gasteiger partial charge in [-0.05, 0) is 36.6 Å². The number of nitrogens with one attached hydrogen (secondary N) is 2. The van der Waals surface area contributed by atoms with E-state index in [1.54, 1.807) is 23.7 Å². The predicted octanol–water partition coefficient (Wildman–Crippen LogP) is 3.64. The third-order valence-electron chi connectivity index (χ3n) is 5.81. The van der Waals surface area contributed by atoms with Gasteiger partial charge >= 0.3 is 0 Å². The molecule has 0 aliphatic carbocycles. The molecule has 34 heavy (non-hydrogen) atoms. The second-order valence-electron chi connectivity index (χ2n) is 8.11. The van der Waals surface area contributed by atoms with Gasteiger partial charge < -0.3 is 21.3 Å². The molecule has 0 bridgehead atoms. The summed E-state index contributed by atoms with van der Waals surface area (Å²) in [5.41, 5.74) is 7.34. The molecule has 0 fully saturated rings. The largest absolute Gasteiger partial charge is 0.368 e. The lowest BCUT2D eigenvalue weighted by atomic mass is 10.1. The molecule has 1 aliphatic heterocycles. The number of fused-ring (bicyclic) bond motifs is 2. The fourth-order valence-corrected chi connectivity index (χ4v) is 4.41. The number of hydrogen-bond acceptors (Lipinski definition) is 7. The molecule has 1 atom stereocenters. The van der Waals surface area contributed by atoms with Crippen molar-refractivity contribution in [3.8, 4) is 5.69 Å². The van der Waals surface area contributed by atoms with E-state index in [0.29, 0.717) is 39.8 Å². The molecule has 5 rings (SSSR count). The Bertz CT molecular complexity index is 1490. The van der Waals surface area contributed by atoms with Gasteiger partial charge in [0, 0.05) is 18.4 Å². The maximum absolute atomic E-state index is 13.6. The normalized spacial score (nSPS) is 14.0. The Morgan fingerprint density at radius 1 is 1.12 bits per heavy atom. The number of para-hydroxylation sites is 1. The number of hydrogen-bond donors (Lipinski definition) is 3. The number of halogens is 1. The first-order valence-electron chi connectivity index (χ1n) is 10.7. The Kier molecular flexibility index (Phi) is 5.33. The second-order valence-corrected chi connectivity index (χ2v) is 8.51. The standard InChI is InChI=1S/C24H22ClN7O2/c1-13(28-21-19-20(29-24(26)30-21)27-12-31(2)22(19)33)17-11-14-7-6-10-16(25)18(14)23(34)32(17)15-8-4-3-5-9-15/h3-11,13H,12H2,1-2H3,(H4,26,27,28,29,30)/t13-/m0/s1. The molecular weight excluding hydrogens is 454 g/mol. The van der Waals surface area contributed by atoms with Gasteiger partial charge in [0.1, 0.15) is 17.2 Å². The molecule has 2 aromatic carbocycles. The van der Waals surface area contributed by atoms with Crippen molar-refractivity contribution in [3.63, 3.8) is 0 Å². The Morgan fingerprint density at radius 3 is 2.65 bits per heavy atom. The predicted molar refractivity (Wildman–Crippen MR) is 134 cm³/mol. The highest BCUT2D eigenvalue weighted by Crippen LogP contribution is 2.31.